The number of fused-ring (bicyclic) bond motifs is 1. The van der Waals surface area contributed by atoms with Gasteiger partial charge in [0.25, 0.3) is 5.91 Å². The molecule has 98 valence electrons. The molecule has 0 aliphatic rings. The fourth-order valence-corrected chi connectivity index (χ4v) is 2.10. The van der Waals surface area contributed by atoms with Gasteiger partial charge in [-0.1, -0.05) is 24.3 Å². The van der Waals surface area contributed by atoms with Gasteiger partial charge < -0.3 is 10.4 Å². The van der Waals surface area contributed by atoms with Crippen LogP contribution in [0, 0.1) is 0 Å². The number of carbonyl (C=O) groups excluding carboxylic acids is 1. The van der Waals surface area contributed by atoms with Gasteiger partial charge in [-0.25, -0.2) is 0 Å². The summed E-state index contributed by atoms with van der Waals surface area (Å²) in [4.78, 5) is 16.0. The van der Waals surface area contributed by atoms with E-state index in [1.165, 1.54) is 0 Å². The first-order valence-electron chi connectivity index (χ1n) is 6.18. The first-order chi connectivity index (χ1) is 9.75. The maximum absolute atomic E-state index is 12.1. The van der Waals surface area contributed by atoms with Crippen LogP contribution in [0.3, 0.4) is 0 Å². The van der Waals surface area contributed by atoms with Gasteiger partial charge >= 0.3 is 0 Å². The third-order valence-corrected chi connectivity index (χ3v) is 3.09. The van der Waals surface area contributed by atoms with E-state index in [2.05, 4.69) is 10.3 Å². The molecule has 3 rings (SSSR count). The van der Waals surface area contributed by atoms with Crippen LogP contribution in [0.4, 0.5) is 5.69 Å². The summed E-state index contributed by atoms with van der Waals surface area (Å²) in [5.74, 6) is -0.00856. The quantitative estimate of drug-likeness (QED) is 0.747. The molecule has 2 aromatic carbocycles. The number of aromatic nitrogens is 1. The van der Waals surface area contributed by atoms with E-state index in [-0.39, 0.29) is 11.7 Å². The van der Waals surface area contributed by atoms with Gasteiger partial charge in [0.1, 0.15) is 5.75 Å². The zero-order chi connectivity index (χ0) is 13.9. The standard InChI is InChI=1S/C16H12N2O2/c19-15-6-2-3-12-13(15)4-1-5-14(12)18-16(20)11-7-9-17-10-8-11/h1-10,19H,(H,18,20). The average molecular weight is 264 g/mol. The predicted molar refractivity (Wildman–Crippen MR) is 77.8 cm³/mol. The minimum absolute atomic E-state index is 0.197. The number of anilines is 1. The summed E-state index contributed by atoms with van der Waals surface area (Å²) < 4.78 is 0. The van der Waals surface area contributed by atoms with Crippen molar-refractivity contribution in [1.29, 1.82) is 0 Å². The molecular formula is C16H12N2O2. The molecule has 1 aromatic heterocycles. The van der Waals surface area contributed by atoms with Crippen LogP contribution in [0.1, 0.15) is 10.4 Å². The Bertz CT molecular complexity index is 770. The smallest absolute Gasteiger partial charge is 0.255 e. The lowest BCUT2D eigenvalue weighted by Crippen LogP contribution is -2.12. The Balaban J connectivity index is 2.00. The van der Waals surface area contributed by atoms with Gasteiger partial charge in [0.15, 0.2) is 0 Å². The molecule has 0 aliphatic carbocycles. The summed E-state index contributed by atoms with van der Waals surface area (Å²) in [5.41, 5.74) is 1.21. The number of rotatable bonds is 2. The number of nitrogens with one attached hydrogen (secondary N) is 1. The number of hydrogen-bond acceptors (Lipinski definition) is 3. The molecule has 0 bridgehead atoms. The van der Waals surface area contributed by atoms with Gasteiger partial charge in [0.05, 0.1) is 0 Å². The second kappa shape index (κ2) is 5.01. The molecule has 4 nitrogen and oxygen atoms in total. The van der Waals surface area contributed by atoms with E-state index in [1.807, 2.05) is 12.1 Å². The molecular weight excluding hydrogens is 252 g/mol. The Morgan fingerprint density at radius 2 is 1.65 bits per heavy atom. The first-order valence-corrected chi connectivity index (χ1v) is 6.18. The minimum Gasteiger partial charge on any atom is -0.507 e. The number of carbonyl (C=O) groups is 1. The van der Waals surface area contributed by atoms with E-state index in [4.69, 9.17) is 0 Å². The van der Waals surface area contributed by atoms with Gasteiger partial charge in [-0.3, -0.25) is 9.78 Å². The topological polar surface area (TPSA) is 62.2 Å². The molecule has 2 N–H and O–H groups in total. The van der Waals surface area contributed by atoms with E-state index in [1.54, 1.807) is 48.8 Å². The Kier molecular flexibility index (Phi) is 3.05. The Morgan fingerprint density at radius 3 is 2.45 bits per heavy atom. The van der Waals surface area contributed by atoms with Crippen LogP contribution in [0.2, 0.25) is 0 Å². The summed E-state index contributed by atoms with van der Waals surface area (Å²) in [6.45, 7) is 0. The zero-order valence-corrected chi connectivity index (χ0v) is 10.6. The molecule has 0 unspecified atom stereocenters. The molecule has 3 aromatic rings. The summed E-state index contributed by atoms with van der Waals surface area (Å²) in [5, 5.41) is 14.2. The number of amides is 1. The Hall–Kier alpha value is -2.88. The lowest BCUT2D eigenvalue weighted by Gasteiger charge is -2.09. The average Bonchev–Trinajstić information content (AvgIpc) is 2.49. The van der Waals surface area contributed by atoms with Crippen molar-refractivity contribution in [2.45, 2.75) is 0 Å². The van der Waals surface area contributed by atoms with Crippen molar-refractivity contribution in [3.8, 4) is 5.75 Å². The fraction of sp³-hybridized carbons (Fsp3) is 0. The van der Waals surface area contributed by atoms with Crippen molar-refractivity contribution >= 4 is 22.4 Å². The molecule has 1 heterocycles. The molecule has 0 saturated heterocycles. The molecule has 1 amide bonds. The van der Waals surface area contributed by atoms with Crippen molar-refractivity contribution in [3.05, 3.63) is 66.5 Å². The second-order valence-corrected chi connectivity index (χ2v) is 4.37. The number of phenolic OH excluding ortho intramolecular Hbond substituents is 1. The lowest BCUT2D eigenvalue weighted by atomic mass is 10.1. The highest BCUT2D eigenvalue weighted by molar-refractivity contribution is 6.09. The van der Waals surface area contributed by atoms with Gasteiger partial charge in [0, 0.05) is 34.4 Å². The molecule has 20 heavy (non-hydrogen) atoms. The minimum atomic E-state index is -0.205. The third-order valence-electron chi connectivity index (χ3n) is 3.09. The molecule has 0 atom stereocenters. The monoisotopic (exact) mass is 264 g/mol. The molecule has 0 saturated carbocycles. The highest BCUT2D eigenvalue weighted by Gasteiger charge is 2.09. The van der Waals surface area contributed by atoms with Crippen LogP contribution < -0.4 is 5.32 Å². The van der Waals surface area contributed by atoms with Gasteiger partial charge in [-0.2, -0.15) is 0 Å². The van der Waals surface area contributed by atoms with Gasteiger partial charge in [0.2, 0.25) is 0 Å². The fourth-order valence-electron chi connectivity index (χ4n) is 2.10. The van der Waals surface area contributed by atoms with E-state index in [0.717, 1.165) is 5.39 Å². The summed E-state index contributed by atoms with van der Waals surface area (Å²) in [6.07, 6.45) is 3.15. The van der Waals surface area contributed by atoms with Crippen molar-refractivity contribution in [2.24, 2.45) is 0 Å². The lowest BCUT2D eigenvalue weighted by molar-refractivity contribution is 0.102. The first kappa shape index (κ1) is 12.2. The number of aromatic hydroxyl groups is 1. The van der Waals surface area contributed by atoms with E-state index in [9.17, 15) is 9.90 Å². The summed E-state index contributed by atoms with van der Waals surface area (Å²) in [6, 6.07) is 13.9. The largest absolute Gasteiger partial charge is 0.507 e. The molecule has 0 fully saturated rings. The van der Waals surface area contributed by atoms with Gasteiger partial charge in [-0.15, -0.1) is 0 Å². The van der Waals surface area contributed by atoms with Crippen molar-refractivity contribution in [2.75, 3.05) is 5.32 Å². The Morgan fingerprint density at radius 1 is 0.950 bits per heavy atom. The van der Waals surface area contributed by atoms with Crippen LogP contribution >= 0.6 is 0 Å². The number of hydrogen-bond donors (Lipinski definition) is 2. The van der Waals surface area contributed by atoms with Crippen molar-refractivity contribution in [3.63, 3.8) is 0 Å². The van der Waals surface area contributed by atoms with Crippen LogP contribution in [0.25, 0.3) is 10.8 Å². The highest BCUT2D eigenvalue weighted by atomic mass is 16.3. The van der Waals surface area contributed by atoms with E-state index in [0.29, 0.717) is 16.6 Å². The normalized spacial score (nSPS) is 10.4. The van der Waals surface area contributed by atoms with Crippen molar-refractivity contribution in [1.82, 2.24) is 4.98 Å². The maximum Gasteiger partial charge on any atom is 0.255 e. The summed E-state index contributed by atoms with van der Waals surface area (Å²) >= 11 is 0. The molecule has 4 heteroatoms. The molecule has 0 radical (unpaired) electrons. The maximum atomic E-state index is 12.1. The predicted octanol–water partition coefficient (Wildman–Crippen LogP) is 3.19. The van der Waals surface area contributed by atoms with Crippen LogP contribution in [0.15, 0.2) is 60.9 Å². The molecule has 0 spiro atoms. The number of nitrogens with zero attached hydrogens (tertiary/aromatic N) is 1. The highest BCUT2D eigenvalue weighted by Crippen LogP contribution is 2.29. The van der Waals surface area contributed by atoms with Crippen LogP contribution in [-0.4, -0.2) is 16.0 Å². The second-order valence-electron chi connectivity index (χ2n) is 4.37. The van der Waals surface area contributed by atoms with E-state index >= 15 is 0 Å². The molecule has 0 aliphatic heterocycles. The van der Waals surface area contributed by atoms with Crippen LogP contribution in [-0.2, 0) is 0 Å². The van der Waals surface area contributed by atoms with E-state index < -0.39 is 0 Å². The van der Waals surface area contributed by atoms with Crippen molar-refractivity contribution < 1.29 is 9.90 Å². The number of phenols is 1. The third kappa shape index (κ3) is 2.19. The number of pyridine rings is 1. The number of benzene rings is 2. The zero-order valence-electron chi connectivity index (χ0n) is 10.6. The Labute approximate surface area is 115 Å². The van der Waals surface area contributed by atoms with Crippen LogP contribution in [0.5, 0.6) is 5.75 Å². The SMILES string of the molecule is O=C(Nc1cccc2c(O)cccc12)c1ccncc1. The summed E-state index contributed by atoms with van der Waals surface area (Å²) in [7, 11) is 0. The van der Waals surface area contributed by atoms with Gasteiger partial charge in [-0.05, 0) is 24.3 Å².